The van der Waals surface area contributed by atoms with Crippen molar-refractivity contribution in [2.24, 2.45) is 0 Å². The SMILES string of the molecule is CCCCCCCCCC(=O)N1CCN(C(C)c2nc3ccccc3c(=O)n2-c2ccc(F)cc2)CC1C. The molecule has 204 valence electrons. The molecule has 2 heterocycles. The van der Waals surface area contributed by atoms with Crippen LogP contribution in [0.3, 0.4) is 0 Å². The van der Waals surface area contributed by atoms with Gasteiger partial charge in [0.15, 0.2) is 0 Å². The van der Waals surface area contributed by atoms with E-state index >= 15 is 0 Å². The molecule has 0 N–H and O–H groups in total. The third-order valence-electron chi connectivity index (χ3n) is 7.78. The van der Waals surface area contributed by atoms with Gasteiger partial charge in [0.05, 0.1) is 22.6 Å². The molecular formula is C31H41FN4O2. The molecule has 0 saturated carbocycles. The Hall–Kier alpha value is -3.06. The topological polar surface area (TPSA) is 58.4 Å². The van der Waals surface area contributed by atoms with Gasteiger partial charge in [-0.05, 0) is 56.7 Å². The second-order valence-electron chi connectivity index (χ2n) is 10.6. The Kier molecular flexibility index (Phi) is 9.67. The van der Waals surface area contributed by atoms with Gasteiger partial charge >= 0.3 is 0 Å². The number of nitrogens with zero attached hydrogens (tertiary/aromatic N) is 4. The zero-order valence-electron chi connectivity index (χ0n) is 23.0. The molecule has 4 rings (SSSR count). The number of benzene rings is 2. The summed E-state index contributed by atoms with van der Waals surface area (Å²) in [6, 6.07) is 13.2. The normalized spacial score (nSPS) is 17.2. The van der Waals surface area contributed by atoms with E-state index in [0.717, 1.165) is 12.8 Å². The number of carbonyl (C=O) groups is 1. The fraction of sp³-hybridized carbons (Fsp3) is 0.516. The molecule has 1 aromatic heterocycles. The summed E-state index contributed by atoms with van der Waals surface area (Å²) in [4.78, 5) is 35.8. The lowest BCUT2D eigenvalue weighted by Crippen LogP contribution is -2.54. The first-order valence-electron chi connectivity index (χ1n) is 14.2. The van der Waals surface area contributed by atoms with Gasteiger partial charge in [0, 0.05) is 32.1 Å². The monoisotopic (exact) mass is 520 g/mol. The van der Waals surface area contributed by atoms with Crippen molar-refractivity contribution in [3.63, 3.8) is 0 Å². The van der Waals surface area contributed by atoms with Gasteiger partial charge < -0.3 is 4.90 Å². The minimum atomic E-state index is -0.351. The van der Waals surface area contributed by atoms with Gasteiger partial charge in [-0.15, -0.1) is 0 Å². The zero-order valence-corrected chi connectivity index (χ0v) is 23.0. The highest BCUT2D eigenvalue weighted by Gasteiger charge is 2.31. The number of halogens is 1. The van der Waals surface area contributed by atoms with Crippen LogP contribution in [0.1, 0.15) is 84.0 Å². The van der Waals surface area contributed by atoms with Crippen molar-refractivity contribution < 1.29 is 9.18 Å². The van der Waals surface area contributed by atoms with E-state index in [-0.39, 0.29) is 29.4 Å². The van der Waals surface area contributed by atoms with Crippen molar-refractivity contribution in [1.82, 2.24) is 19.4 Å². The maximum Gasteiger partial charge on any atom is 0.266 e. The Morgan fingerprint density at radius 1 is 1.00 bits per heavy atom. The molecule has 3 aromatic rings. The molecule has 0 radical (unpaired) electrons. The van der Waals surface area contributed by atoms with E-state index in [1.807, 2.05) is 23.1 Å². The van der Waals surface area contributed by atoms with Crippen molar-refractivity contribution in [3.05, 3.63) is 70.5 Å². The molecule has 7 heteroatoms. The van der Waals surface area contributed by atoms with E-state index in [4.69, 9.17) is 4.98 Å². The molecule has 1 amide bonds. The summed E-state index contributed by atoms with van der Waals surface area (Å²) in [6.07, 6.45) is 9.01. The fourth-order valence-electron chi connectivity index (χ4n) is 5.52. The molecule has 0 aliphatic carbocycles. The summed E-state index contributed by atoms with van der Waals surface area (Å²) in [7, 11) is 0. The summed E-state index contributed by atoms with van der Waals surface area (Å²) in [5, 5.41) is 0.530. The highest BCUT2D eigenvalue weighted by atomic mass is 19.1. The summed E-state index contributed by atoms with van der Waals surface area (Å²) in [5.74, 6) is 0.511. The molecule has 2 unspecified atom stereocenters. The molecule has 0 spiro atoms. The first-order valence-corrected chi connectivity index (χ1v) is 14.2. The fourth-order valence-corrected chi connectivity index (χ4v) is 5.52. The highest BCUT2D eigenvalue weighted by Crippen LogP contribution is 2.26. The molecule has 1 aliphatic rings. The third kappa shape index (κ3) is 6.49. The number of fused-ring (bicyclic) bond motifs is 1. The lowest BCUT2D eigenvalue weighted by Gasteiger charge is -2.42. The number of carbonyl (C=O) groups excluding carboxylic acids is 1. The molecular weight excluding hydrogens is 479 g/mol. The Bertz CT molecular complexity index is 1270. The minimum absolute atomic E-state index is 0.0784. The number of amides is 1. The lowest BCUT2D eigenvalue weighted by atomic mass is 10.1. The molecule has 1 saturated heterocycles. The number of piperazine rings is 1. The van der Waals surface area contributed by atoms with Crippen molar-refractivity contribution in [1.29, 1.82) is 0 Å². The van der Waals surface area contributed by atoms with E-state index in [9.17, 15) is 14.0 Å². The molecule has 1 fully saturated rings. The Labute approximate surface area is 225 Å². The standard InChI is InChI=1S/C31H41FN4O2/c1-4-5-6-7-8-9-10-15-29(37)35-21-20-34(22-23(35)2)24(3)30-33-28-14-12-11-13-27(28)31(38)36(30)26-18-16-25(32)17-19-26/h11-14,16-19,23-24H,4-10,15,20-22H2,1-3H3. The van der Waals surface area contributed by atoms with Gasteiger partial charge in [-0.2, -0.15) is 0 Å². The summed E-state index contributed by atoms with van der Waals surface area (Å²) in [6.45, 7) is 8.45. The second-order valence-corrected chi connectivity index (χ2v) is 10.6. The van der Waals surface area contributed by atoms with Crippen molar-refractivity contribution >= 4 is 16.8 Å². The van der Waals surface area contributed by atoms with Crippen LogP contribution in [-0.2, 0) is 4.79 Å². The predicted molar refractivity (Wildman–Crippen MR) is 151 cm³/mol. The maximum absolute atomic E-state index is 13.7. The van der Waals surface area contributed by atoms with Gasteiger partial charge in [0.25, 0.3) is 5.56 Å². The van der Waals surface area contributed by atoms with E-state index < -0.39 is 0 Å². The largest absolute Gasteiger partial charge is 0.337 e. The van der Waals surface area contributed by atoms with Gasteiger partial charge in [-0.3, -0.25) is 19.1 Å². The van der Waals surface area contributed by atoms with Crippen LogP contribution in [0.2, 0.25) is 0 Å². The van der Waals surface area contributed by atoms with E-state index in [0.29, 0.717) is 48.5 Å². The van der Waals surface area contributed by atoms with Crippen LogP contribution in [0.25, 0.3) is 16.6 Å². The van der Waals surface area contributed by atoms with Crippen LogP contribution in [0.5, 0.6) is 0 Å². The number of unbranched alkanes of at least 4 members (excludes halogenated alkanes) is 6. The summed E-state index contributed by atoms with van der Waals surface area (Å²) in [5.41, 5.74) is 1.07. The van der Waals surface area contributed by atoms with Crippen LogP contribution < -0.4 is 5.56 Å². The lowest BCUT2D eigenvalue weighted by molar-refractivity contribution is -0.136. The summed E-state index contributed by atoms with van der Waals surface area (Å²) >= 11 is 0. The Morgan fingerprint density at radius 3 is 2.39 bits per heavy atom. The Morgan fingerprint density at radius 2 is 1.68 bits per heavy atom. The van der Waals surface area contributed by atoms with Crippen LogP contribution in [0.15, 0.2) is 53.3 Å². The second kappa shape index (κ2) is 13.1. The number of para-hydroxylation sites is 1. The van der Waals surface area contributed by atoms with Crippen molar-refractivity contribution in [3.8, 4) is 5.69 Å². The minimum Gasteiger partial charge on any atom is -0.337 e. The molecule has 6 nitrogen and oxygen atoms in total. The van der Waals surface area contributed by atoms with E-state index in [1.54, 1.807) is 22.8 Å². The number of hydrogen-bond donors (Lipinski definition) is 0. The van der Waals surface area contributed by atoms with E-state index in [2.05, 4.69) is 25.7 Å². The third-order valence-corrected chi connectivity index (χ3v) is 7.78. The van der Waals surface area contributed by atoms with Crippen molar-refractivity contribution in [2.45, 2.75) is 84.2 Å². The first-order chi connectivity index (χ1) is 18.4. The number of hydrogen-bond acceptors (Lipinski definition) is 4. The van der Waals surface area contributed by atoms with Crippen molar-refractivity contribution in [2.75, 3.05) is 19.6 Å². The number of rotatable bonds is 11. The highest BCUT2D eigenvalue weighted by molar-refractivity contribution is 5.78. The molecule has 0 bridgehead atoms. The molecule has 2 aromatic carbocycles. The molecule has 38 heavy (non-hydrogen) atoms. The first kappa shape index (κ1) is 28.0. The molecule has 1 aliphatic heterocycles. The van der Waals surface area contributed by atoms with Gasteiger partial charge in [0.1, 0.15) is 11.6 Å². The quantitative estimate of drug-likeness (QED) is 0.280. The zero-order chi connectivity index (χ0) is 27.1. The van der Waals surface area contributed by atoms with Crippen LogP contribution in [0, 0.1) is 5.82 Å². The maximum atomic E-state index is 13.7. The smallest absolute Gasteiger partial charge is 0.266 e. The van der Waals surface area contributed by atoms with Crippen LogP contribution in [-0.4, -0.2) is 50.9 Å². The van der Waals surface area contributed by atoms with Gasteiger partial charge in [-0.1, -0.05) is 57.6 Å². The van der Waals surface area contributed by atoms with E-state index in [1.165, 1.54) is 44.2 Å². The van der Waals surface area contributed by atoms with Gasteiger partial charge in [0.2, 0.25) is 5.91 Å². The van der Waals surface area contributed by atoms with Crippen LogP contribution >= 0.6 is 0 Å². The predicted octanol–water partition coefficient (Wildman–Crippen LogP) is 6.26. The van der Waals surface area contributed by atoms with Crippen LogP contribution in [0.4, 0.5) is 4.39 Å². The summed E-state index contributed by atoms with van der Waals surface area (Å²) < 4.78 is 15.3. The average molecular weight is 521 g/mol. The number of aromatic nitrogens is 2. The average Bonchev–Trinajstić information content (AvgIpc) is 2.92. The molecule has 2 atom stereocenters. The van der Waals surface area contributed by atoms with Gasteiger partial charge in [-0.25, -0.2) is 9.37 Å². The Balaban J connectivity index is 1.47.